The number of nitrogens with one attached hydrogen (secondary N) is 1. The normalized spacial score (nSPS) is 16.1. The Morgan fingerprint density at radius 2 is 2.15 bits per heavy atom. The lowest BCUT2D eigenvalue weighted by Gasteiger charge is -2.11. The maximum atomic E-state index is 12.3. The van der Waals surface area contributed by atoms with Crippen molar-refractivity contribution in [2.24, 2.45) is 0 Å². The molecular formula is C19H18ClNO6. The van der Waals surface area contributed by atoms with Gasteiger partial charge in [-0.05, 0) is 43.2 Å². The Kier molecular flexibility index (Phi) is 6.26. The maximum Gasteiger partial charge on any atom is 0.340 e. The van der Waals surface area contributed by atoms with Crippen LogP contribution in [0.15, 0.2) is 34.7 Å². The summed E-state index contributed by atoms with van der Waals surface area (Å²) in [5.74, 6) is -0.548. The van der Waals surface area contributed by atoms with E-state index in [0.717, 1.165) is 12.8 Å². The number of carbonyl (C=O) groups excluding carboxylic acids is 3. The van der Waals surface area contributed by atoms with Gasteiger partial charge in [0.15, 0.2) is 18.7 Å². The van der Waals surface area contributed by atoms with Crippen LogP contribution in [-0.2, 0) is 14.3 Å². The first-order valence-corrected chi connectivity index (χ1v) is 8.85. The van der Waals surface area contributed by atoms with Gasteiger partial charge in [-0.2, -0.15) is 0 Å². The van der Waals surface area contributed by atoms with Crippen LogP contribution in [0, 0.1) is 0 Å². The van der Waals surface area contributed by atoms with Crippen molar-refractivity contribution < 1.29 is 28.3 Å². The van der Waals surface area contributed by atoms with E-state index < -0.39 is 18.5 Å². The Morgan fingerprint density at radius 1 is 1.30 bits per heavy atom. The molecule has 1 aromatic heterocycles. The van der Waals surface area contributed by atoms with Crippen LogP contribution in [0.2, 0.25) is 5.02 Å². The molecule has 1 saturated heterocycles. The Labute approximate surface area is 160 Å². The van der Waals surface area contributed by atoms with E-state index >= 15 is 0 Å². The van der Waals surface area contributed by atoms with E-state index in [-0.39, 0.29) is 22.5 Å². The molecule has 1 atom stereocenters. The number of amides is 1. The molecular weight excluding hydrogens is 374 g/mol. The number of furan rings is 1. The SMILES string of the molecule is O=Cc1ccc(-c2ccc(Cl)c(C(=O)OCC(=O)NC[C@H]3CCCO3)c2)o1. The minimum Gasteiger partial charge on any atom is -0.453 e. The van der Waals surface area contributed by atoms with Gasteiger partial charge in [0.05, 0.1) is 16.7 Å². The number of aldehydes is 1. The molecule has 3 rings (SSSR count). The fraction of sp³-hybridized carbons (Fsp3) is 0.316. The third kappa shape index (κ3) is 4.96. The molecule has 1 N–H and O–H groups in total. The molecule has 0 unspecified atom stereocenters. The van der Waals surface area contributed by atoms with Crippen LogP contribution in [0.5, 0.6) is 0 Å². The van der Waals surface area contributed by atoms with Crippen LogP contribution >= 0.6 is 11.6 Å². The zero-order valence-corrected chi connectivity index (χ0v) is 15.2. The van der Waals surface area contributed by atoms with E-state index in [1.807, 2.05) is 0 Å². The number of hydrogen-bond donors (Lipinski definition) is 1. The number of rotatable bonds is 7. The number of esters is 1. The molecule has 1 amide bonds. The second-order valence-corrected chi connectivity index (χ2v) is 6.44. The summed E-state index contributed by atoms with van der Waals surface area (Å²) >= 11 is 6.07. The molecule has 142 valence electrons. The first-order chi connectivity index (χ1) is 13.1. The average molecular weight is 392 g/mol. The third-order valence-electron chi connectivity index (χ3n) is 4.10. The van der Waals surface area contributed by atoms with Gasteiger partial charge in [0.1, 0.15) is 5.76 Å². The van der Waals surface area contributed by atoms with Crippen molar-refractivity contribution in [2.45, 2.75) is 18.9 Å². The molecule has 7 nitrogen and oxygen atoms in total. The zero-order chi connectivity index (χ0) is 19.2. The smallest absolute Gasteiger partial charge is 0.340 e. The predicted octanol–water partition coefficient (Wildman–Crippen LogP) is 2.86. The minimum atomic E-state index is -0.726. The van der Waals surface area contributed by atoms with Crippen LogP contribution in [0.4, 0.5) is 0 Å². The lowest BCUT2D eigenvalue weighted by Crippen LogP contribution is -2.34. The van der Waals surface area contributed by atoms with Gasteiger partial charge in [-0.25, -0.2) is 4.79 Å². The van der Waals surface area contributed by atoms with Gasteiger partial charge >= 0.3 is 5.97 Å². The summed E-state index contributed by atoms with van der Waals surface area (Å²) in [6, 6.07) is 7.80. The van der Waals surface area contributed by atoms with Gasteiger partial charge < -0.3 is 19.2 Å². The molecule has 1 fully saturated rings. The summed E-state index contributed by atoms with van der Waals surface area (Å²) in [6.45, 7) is 0.681. The Morgan fingerprint density at radius 3 is 2.85 bits per heavy atom. The van der Waals surface area contributed by atoms with Crippen molar-refractivity contribution in [3.8, 4) is 11.3 Å². The van der Waals surface area contributed by atoms with E-state index in [4.69, 9.17) is 25.5 Å². The predicted molar refractivity (Wildman–Crippen MR) is 96.8 cm³/mol. The monoisotopic (exact) mass is 391 g/mol. The summed E-state index contributed by atoms with van der Waals surface area (Å²) in [5, 5.41) is 2.86. The molecule has 0 aliphatic carbocycles. The topological polar surface area (TPSA) is 94.8 Å². The van der Waals surface area contributed by atoms with Gasteiger partial charge in [0.25, 0.3) is 5.91 Å². The van der Waals surface area contributed by atoms with Crippen molar-refractivity contribution in [3.05, 3.63) is 46.7 Å². The maximum absolute atomic E-state index is 12.3. The molecule has 2 aromatic rings. The summed E-state index contributed by atoms with van der Waals surface area (Å²) in [4.78, 5) is 34.8. The van der Waals surface area contributed by atoms with E-state index in [2.05, 4.69) is 5.32 Å². The van der Waals surface area contributed by atoms with E-state index in [9.17, 15) is 14.4 Å². The Hall–Kier alpha value is -2.64. The molecule has 0 spiro atoms. The van der Waals surface area contributed by atoms with Crippen molar-refractivity contribution >= 4 is 29.8 Å². The molecule has 1 aliphatic heterocycles. The molecule has 0 saturated carbocycles. The lowest BCUT2D eigenvalue weighted by atomic mass is 10.1. The molecule has 1 aromatic carbocycles. The summed E-state index contributed by atoms with van der Waals surface area (Å²) in [7, 11) is 0. The first-order valence-electron chi connectivity index (χ1n) is 8.47. The summed E-state index contributed by atoms with van der Waals surface area (Å²) in [6.07, 6.45) is 2.49. The molecule has 0 radical (unpaired) electrons. The fourth-order valence-electron chi connectivity index (χ4n) is 2.70. The molecule has 27 heavy (non-hydrogen) atoms. The second kappa shape index (κ2) is 8.83. The van der Waals surface area contributed by atoms with Gasteiger partial charge in [-0.15, -0.1) is 0 Å². The number of ether oxygens (including phenoxy) is 2. The lowest BCUT2D eigenvalue weighted by molar-refractivity contribution is -0.124. The Balaban J connectivity index is 1.59. The highest BCUT2D eigenvalue weighted by Gasteiger charge is 2.18. The molecule has 2 heterocycles. The van der Waals surface area contributed by atoms with Crippen LogP contribution in [0.1, 0.15) is 33.8 Å². The highest BCUT2D eigenvalue weighted by atomic mass is 35.5. The van der Waals surface area contributed by atoms with Gasteiger partial charge in [0.2, 0.25) is 0 Å². The number of halogens is 1. The largest absolute Gasteiger partial charge is 0.453 e. The van der Waals surface area contributed by atoms with Gasteiger partial charge in [-0.1, -0.05) is 11.6 Å². The minimum absolute atomic E-state index is 0.0142. The van der Waals surface area contributed by atoms with Gasteiger partial charge in [0, 0.05) is 18.7 Å². The van der Waals surface area contributed by atoms with Gasteiger partial charge in [-0.3, -0.25) is 9.59 Å². The highest BCUT2D eigenvalue weighted by Crippen LogP contribution is 2.27. The molecule has 0 bridgehead atoms. The van der Waals surface area contributed by atoms with E-state index in [0.29, 0.717) is 30.8 Å². The molecule has 8 heteroatoms. The standard InChI is InChI=1S/C19H18ClNO6/c20-16-5-3-12(17-6-4-14(10-22)27-17)8-15(16)19(24)26-11-18(23)21-9-13-2-1-7-25-13/h3-6,8,10,13H,1-2,7,9,11H2,(H,21,23)/t13-/m1/s1. The summed E-state index contributed by atoms with van der Waals surface area (Å²) < 4.78 is 15.8. The summed E-state index contributed by atoms with van der Waals surface area (Å²) in [5.41, 5.74) is 0.660. The van der Waals surface area contributed by atoms with Crippen LogP contribution in [0.3, 0.4) is 0 Å². The van der Waals surface area contributed by atoms with Crippen LogP contribution in [-0.4, -0.2) is 44.0 Å². The highest BCUT2D eigenvalue weighted by molar-refractivity contribution is 6.33. The second-order valence-electron chi connectivity index (χ2n) is 6.03. The van der Waals surface area contributed by atoms with Crippen LogP contribution in [0.25, 0.3) is 11.3 Å². The Bertz CT molecular complexity index is 840. The van der Waals surface area contributed by atoms with E-state index in [1.165, 1.54) is 18.2 Å². The quantitative estimate of drug-likeness (QED) is 0.576. The molecule has 1 aliphatic rings. The third-order valence-corrected chi connectivity index (χ3v) is 4.43. The van der Waals surface area contributed by atoms with Crippen LogP contribution < -0.4 is 5.32 Å². The number of hydrogen-bond acceptors (Lipinski definition) is 6. The van der Waals surface area contributed by atoms with E-state index in [1.54, 1.807) is 12.1 Å². The first kappa shape index (κ1) is 19.1. The van der Waals surface area contributed by atoms with Crippen molar-refractivity contribution in [1.29, 1.82) is 0 Å². The zero-order valence-electron chi connectivity index (χ0n) is 14.4. The van der Waals surface area contributed by atoms with Crippen molar-refractivity contribution in [1.82, 2.24) is 5.32 Å². The number of benzene rings is 1. The number of carbonyl (C=O) groups is 3. The fourth-order valence-corrected chi connectivity index (χ4v) is 2.89. The average Bonchev–Trinajstić information content (AvgIpc) is 3.36. The van der Waals surface area contributed by atoms with Crippen molar-refractivity contribution in [2.75, 3.05) is 19.8 Å². The van der Waals surface area contributed by atoms with Crippen molar-refractivity contribution in [3.63, 3.8) is 0 Å².